The lowest BCUT2D eigenvalue weighted by Crippen LogP contribution is -2.31. The fraction of sp³-hybridized carbons (Fsp3) is 0.300. The average Bonchev–Trinajstić information content (AvgIpc) is 2.26. The van der Waals surface area contributed by atoms with Crippen LogP contribution in [-0.2, 0) is 14.8 Å². The van der Waals surface area contributed by atoms with Gasteiger partial charge in [-0.15, -0.1) is 0 Å². The molecule has 94 valence electrons. The van der Waals surface area contributed by atoms with E-state index < -0.39 is 27.7 Å². The zero-order valence-electron chi connectivity index (χ0n) is 9.05. The number of aliphatic carboxylic acids is 1. The molecule has 0 saturated carbocycles. The monoisotopic (exact) mass is 261 g/mol. The summed E-state index contributed by atoms with van der Waals surface area (Å²) in [4.78, 5) is 10.3. The fourth-order valence-electron chi connectivity index (χ4n) is 1.04. The third kappa shape index (κ3) is 3.79. The molecular weight excluding hydrogens is 249 g/mol. The number of hydrogen-bond donors (Lipinski definition) is 2. The van der Waals surface area contributed by atoms with Crippen molar-refractivity contribution < 1.29 is 22.7 Å². The Kier molecular flexibility index (Phi) is 4.19. The first kappa shape index (κ1) is 13.6. The first-order valence-corrected chi connectivity index (χ1v) is 6.29. The van der Waals surface area contributed by atoms with Crippen LogP contribution in [-0.4, -0.2) is 26.0 Å². The van der Waals surface area contributed by atoms with E-state index in [-0.39, 0.29) is 11.4 Å². The number of carboxylic acid groups (broad SMARTS) is 1. The Morgan fingerprint density at radius 2 is 2.18 bits per heavy atom. The van der Waals surface area contributed by atoms with Gasteiger partial charge in [0.25, 0.3) is 0 Å². The van der Waals surface area contributed by atoms with Crippen LogP contribution >= 0.6 is 0 Å². The van der Waals surface area contributed by atoms with Gasteiger partial charge in [-0.1, -0.05) is 13.0 Å². The summed E-state index contributed by atoms with van der Waals surface area (Å²) in [5.41, 5.74) is 0. The van der Waals surface area contributed by atoms with Crippen LogP contribution in [0.25, 0.3) is 0 Å². The molecule has 17 heavy (non-hydrogen) atoms. The number of rotatable bonds is 5. The molecule has 2 N–H and O–H groups in total. The number of carboxylic acids is 1. The summed E-state index contributed by atoms with van der Waals surface area (Å²) in [6.45, 7) is 1.13. The minimum atomic E-state index is -3.86. The number of benzene rings is 1. The summed E-state index contributed by atoms with van der Waals surface area (Å²) < 4.78 is 38.2. The molecular formula is C10H12FNO4S. The lowest BCUT2D eigenvalue weighted by atomic mass is 10.2. The molecule has 1 atom stereocenters. The van der Waals surface area contributed by atoms with Crippen LogP contribution in [0.5, 0.6) is 0 Å². The molecule has 0 bridgehead atoms. The highest BCUT2D eigenvalue weighted by Gasteiger charge is 2.18. The van der Waals surface area contributed by atoms with E-state index in [1.165, 1.54) is 19.1 Å². The third-order valence-electron chi connectivity index (χ3n) is 2.11. The van der Waals surface area contributed by atoms with Crippen molar-refractivity contribution in [3.05, 3.63) is 30.1 Å². The molecule has 0 aliphatic carbocycles. The van der Waals surface area contributed by atoms with Crippen LogP contribution < -0.4 is 4.72 Å². The lowest BCUT2D eigenvalue weighted by molar-refractivity contribution is -0.140. The van der Waals surface area contributed by atoms with Crippen LogP contribution in [0, 0.1) is 11.7 Å². The highest BCUT2D eigenvalue weighted by Crippen LogP contribution is 2.10. The molecule has 1 unspecified atom stereocenters. The Bertz CT molecular complexity index is 515. The van der Waals surface area contributed by atoms with Crippen molar-refractivity contribution in [1.82, 2.24) is 4.72 Å². The van der Waals surface area contributed by atoms with Gasteiger partial charge in [0, 0.05) is 6.54 Å². The Balaban J connectivity index is 2.79. The second kappa shape index (κ2) is 5.24. The summed E-state index contributed by atoms with van der Waals surface area (Å²) in [5.74, 6) is -2.62. The normalized spacial score (nSPS) is 13.3. The van der Waals surface area contributed by atoms with Gasteiger partial charge in [-0.05, 0) is 18.2 Å². The Morgan fingerprint density at radius 1 is 1.53 bits per heavy atom. The van der Waals surface area contributed by atoms with Gasteiger partial charge in [0.2, 0.25) is 10.0 Å². The molecule has 0 heterocycles. The maximum absolute atomic E-state index is 12.8. The van der Waals surface area contributed by atoms with Gasteiger partial charge in [0.15, 0.2) is 0 Å². The SMILES string of the molecule is CC(CNS(=O)(=O)c1cccc(F)c1)C(=O)O. The molecule has 5 nitrogen and oxygen atoms in total. The topological polar surface area (TPSA) is 83.5 Å². The third-order valence-corrected chi connectivity index (χ3v) is 3.53. The van der Waals surface area contributed by atoms with Crippen molar-refractivity contribution in [3.63, 3.8) is 0 Å². The van der Waals surface area contributed by atoms with Crippen LogP contribution in [0.1, 0.15) is 6.92 Å². The molecule has 0 amide bonds. The summed E-state index contributed by atoms with van der Waals surface area (Å²) in [6, 6.07) is 4.49. The molecule has 0 radical (unpaired) electrons. The molecule has 1 aromatic rings. The summed E-state index contributed by atoms with van der Waals surface area (Å²) in [7, 11) is -3.86. The van der Waals surface area contributed by atoms with Crippen molar-refractivity contribution >= 4 is 16.0 Å². The number of sulfonamides is 1. The zero-order chi connectivity index (χ0) is 13.1. The zero-order valence-corrected chi connectivity index (χ0v) is 9.87. The van der Waals surface area contributed by atoms with Crippen molar-refractivity contribution in [3.8, 4) is 0 Å². The van der Waals surface area contributed by atoms with Crippen molar-refractivity contribution in [2.45, 2.75) is 11.8 Å². The first-order chi connectivity index (χ1) is 7.83. The van der Waals surface area contributed by atoms with Crippen LogP contribution in [0.2, 0.25) is 0 Å². The van der Waals surface area contributed by atoms with Crippen molar-refractivity contribution in [1.29, 1.82) is 0 Å². The van der Waals surface area contributed by atoms with Crippen molar-refractivity contribution in [2.24, 2.45) is 5.92 Å². The highest BCUT2D eigenvalue weighted by atomic mass is 32.2. The molecule has 7 heteroatoms. The summed E-state index contributed by atoms with van der Waals surface area (Å²) >= 11 is 0. The van der Waals surface area contributed by atoms with E-state index in [0.29, 0.717) is 0 Å². The van der Waals surface area contributed by atoms with E-state index >= 15 is 0 Å². The molecule has 0 fully saturated rings. The number of carbonyl (C=O) groups is 1. The van der Waals surface area contributed by atoms with Gasteiger partial charge >= 0.3 is 5.97 Å². The van der Waals surface area contributed by atoms with E-state index in [1.54, 1.807) is 0 Å². The second-order valence-electron chi connectivity index (χ2n) is 3.55. The van der Waals surface area contributed by atoms with E-state index in [9.17, 15) is 17.6 Å². The van der Waals surface area contributed by atoms with E-state index in [2.05, 4.69) is 4.72 Å². The molecule has 0 aromatic heterocycles. The minimum absolute atomic E-state index is 0.227. The first-order valence-electron chi connectivity index (χ1n) is 4.81. The molecule has 0 aliphatic heterocycles. The van der Waals surface area contributed by atoms with Gasteiger partial charge < -0.3 is 5.11 Å². The van der Waals surface area contributed by atoms with Crippen LogP contribution in [0.3, 0.4) is 0 Å². The number of hydrogen-bond acceptors (Lipinski definition) is 3. The number of nitrogens with one attached hydrogen (secondary N) is 1. The fourth-order valence-corrected chi connectivity index (χ4v) is 2.20. The van der Waals surface area contributed by atoms with Crippen molar-refractivity contribution in [2.75, 3.05) is 6.54 Å². The number of halogens is 1. The Labute approximate surface area is 98.3 Å². The predicted molar refractivity (Wildman–Crippen MR) is 58.4 cm³/mol. The quantitative estimate of drug-likeness (QED) is 0.822. The average molecular weight is 261 g/mol. The van der Waals surface area contributed by atoms with E-state index in [0.717, 1.165) is 12.1 Å². The molecule has 0 saturated heterocycles. The molecule has 1 rings (SSSR count). The Morgan fingerprint density at radius 3 is 2.71 bits per heavy atom. The molecule has 1 aromatic carbocycles. The Hall–Kier alpha value is -1.47. The van der Waals surface area contributed by atoms with Gasteiger partial charge in [-0.3, -0.25) is 4.79 Å². The van der Waals surface area contributed by atoms with Crippen LogP contribution in [0.15, 0.2) is 29.2 Å². The lowest BCUT2D eigenvalue weighted by Gasteiger charge is -2.09. The van der Waals surface area contributed by atoms with Gasteiger partial charge in [-0.25, -0.2) is 17.5 Å². The smallest absolute Gasteiger partial charge is 0.307 e. The van der Waals surface area contributed by atoms with Crippen LogP contribution in [0.4, 0.5) is 4.39 Å². The van der Waals surface area contributed by atoms with Gasteiger partial charge in [0.05, 0.1) is 10.8 Å². The van der Waals surface area contributed by atoms with E-state index in [1.807, 2.05) is 0 Å². The maximum Gasteiger partial charge on any atom is 0.307 e. The standard InChI is InChI=1S/C10H12FNO4S/c1-7(10(13)14)6-12-17(15,16)9-4-2-3-8(11)5-9/h2-5,7,12H,6H2,1H3,(H,13,14). The molecule has 0 aliphatic rings. The highest BCUT2D eigenvalue weighted by molar-refractivity contribution is 7.89. The van der Waals surface area contributed by atoms with E-state index in [4.69, 9.17) is 5.11 Å². The molecule has 0 spiro atoms. The predicted octanol–water partition coefficient (Wildman–Crippen LogP) is 0.825. The summed E-state index contributed by atoms with van der Waals surface area (Å²) in [5, 5.41) is 8.60. The van der Waals surface area contributed by atoms with Gasteiger partial charge in [0.1, 0.15) is 5.82 Å². The second-order valence-corrected chi connectivity index (χ2v) is 5.32. The van der Waals surface area contributed by atoms with Gasteiger partial charge in [-0.2, -0.15) is 0 Å². The largest absolute Gasteiger partial charge is 0.481 e. The summed E-state index contributed by atoms with van der Waals surface area (Å²) in [6.07, 6.45) is 0. The maximum atomic E-state index is 12.8. The minimum Gasteiger partial charge on any atom is -0.481 e.